The maximum Gasteiger partial charge on any atom is 0.255 e. The van der Waals surface area contributed by atoms with Gasteiger partial charge < -0.3 is 15.4 Å². The zero-order chi connectivity index (χ0) is 14.7. The molecule has 1 aromatic rings. The van der Waals surface area contributed by atoms with Crippen molar-refractivity contribution in [2.75, 3.05) is 18.5 Å². The van der Waals surface area contributed by atoms with E-state index in [9.17, 15) is 4.79 Å². The number of amides is 1. The van der Waals surface area contributed by atoms with Crippen molar-refractivity contribution in [1.82, 2.24) is 0 Å². The third-order valence-electron chi connectivity index (χ3n) is 3.90. The maximum atomic E-state index is 12.4. The number of hydrogen-bond donors (Lipinski definition) is 1. The fraction of sp³-hybridized carbons (Fsp3) is 0.562. The lowest BCUT2D eigenvalue weighted by Crippen LogP contribution is -2.37. The summed E-state index contributed by atoms with van der Waals surface area (Å²) < 4.78 is 5.68. The van der Waals surface area contributed by atoms with Gasteiger partial charge in [-0.15, -0.1) is 12.4 Å². The average molecular weight is 313 g/mol. The molecule has 1 fully saturated rings. The molecule has 0 saturated carbocycles. The van der Waals surface area contributed by atoms with Gasteiger partial charge in [0, 0.05) is 19.3 Å². The van der Waals surface area contributed by atoms with Crippen molar-refractivity contribution in [2.45, 2.75) is 44.8 Å². The first kappa shape index (κ1) is 18.0. The second kappa shape index (κ2) is 7.78. The lowest BCUT2D eigenvalue weighted by Gasteiger charge is -2.22. The molecule has 1 amide bonds. The lowest BCUT2D eigenvalue weighted by atomic mass is 10.0. The first-order chi connectivity index (χ1) is 9.52. The van der Waals surface area contributed by atoms with Crippen LogP contribution in [0.5, 0.6) is 0 Å². The SMILES string of the molecule is CC(C)c1cccc(N(C)C(=O)[C@@H]2CC[C@H](CN)O2)c1.Cl. The molecule has 5 heteroatoms. The summed E-state index contributed by atoms with van der Waals surface area (Å²) >= 11 is 0. The standard InChI is InChI=1S/C16H24N2O2.ClH/c1-11(2)12-5-4-6-13(9-12)18(3)16(19)15-8-7-14(10-17)20-15;/h4-6,9,11,14-15H,7-8,10,17H2,1-3H3;1H/t14-,15+;/m1./s1. The highest BCUT2D eigenvalue weighted by Crippen LogP contribution is 2.25. The van der Waals surface area contributed by atoms with Crippen molar-refractivity contribution >= 4 is 24.0 Å². The van der Waals surface area contributed by atoms with Crippen LogP contribution in [0.1, 0.15) is 38.2 Å². The Bertz CT molecular complexity index is 479. The molecular weight excluding hydrogens is 288 g/mol. The molecule has 1 saturated heterocycles. The molecule has 0 unspecified atom stereocenters. The number of benzene rings is 1. The largest absolute Gasteiger partial charge is 0.364 e. The predicted octanol–water partition coefficient (Wildman–Crippen LogP) is 2.70. The number of carbonyl (C=O) groups excluding carboxylic acids is 1. The number of halogens is 1. The van der Waals surface area contributed by atoms with E-state index in [0.717, 1.165) is 18.5 Å². The van der Waals surface area contributed by atoms with E-state index in [4.69, 9.17) is 10.5 Å². The molecule has 0 spiro atoms. The molecule has 0 aromatic heterocycles. The number of anilines is 1. The number of ether oxygens (including phenoxy) is 1. The lowest BCUT2D eigenvalue weighted by molar-refractivity contribution is -0.128. The number of rotatable bonds is 4. The van der Waals surface area contributed by atoms with E-state index >= 15 is 0 Å². The molecule has 2 N–H and O–H groups in total. The van der Waals surface area contributed by atoms with Gasteiger partial charge in [0.25, 0.3) is 5.91 Å². The molecule has 1 aromatic carbocycles. The number of likely N-dealkylation sites (N-methyl/N-ethyl adjacent to an activating group) is 1. The van der Waals surface area contributed by atoms with Gasteiger partial charge >= 0.3 is 0 Å². The molecular formula is C16H25ClN2O2. The third kappa shape index (κ3) is 4.19. The van der Waals surface area contributed by atoms with E-state index in [0.29, 0.717) is 12.5 Å². The fourth-order valence-corrected chi connectivity index (χ4v) is 2.50. The molecule has 21 heavy (non-hydrogen) atoms. The van der Waals surface area contributed by atoms with Gasteiger partial charge in [0.05, 0.1) is 6.10 Å². The topological polar surface area (TPSA) is 55.6 Å². The van der Waals surface area contributed by atoms with Gasteiger partial charge in [0.1, 0.15) is 6.10 Å². The molecule has 1 aliphatic heterocycles. The first-order valence-corrected chi connectivity index (χ1v) is 7.26. The minimum Gasteiger partial charge on any atom is -0.364 e. The first-order valence-electron chi connectivity index (χ1n) is 7.26. The molecule has 0 bridgehead atoms. The molecule has 2 rings (SSSR count). The Balaban J connectivity index is 0.00000220. The van der Waals surface area contributed by atoms with Crippen LogP contribution in [0.3, 0.4) is 0 Å². The van der Waals surface area contributed by atoms with Crippen LogP contribution in [0, 0.1) is 0 Å². The summed E-state index contributed by atoms with van der Waals surface area (Å²) in [5.74, 6) is 0.463. The van der Waals surface area contributed by atoms with Crippen LogP contribution in [0.2, 0.25) is 0 Å². The van der Waals surface area contributed by atoms with Crippen molar-refractivity contribution in [2.24, 2.45) is 5.73 Å². The summed E-state index contributed by atoms with van der Waals surface area (Å²) in [7, 11) is 1.81. The molecule has 0 radical (unpaired) electrons. The third-order valence-corrected chi connectivity index (χ3v) is 3.90. The van der Waals surface area contributed by atoms with Crippen LogP contribution < -0.4 is 10.6 Å². The molecule has 0 aliphatic carbocycles. The summed E-state index contributed by atoms with van der Waals surface area (Å²) in [5.41, 5.74) is 7.74. The highest BCUT2D eigenvalue weighted by molar-refractivity contribution is 5.96. The van der Waals surface area contributed by atoms with E-state index < -0.39 is 0 Å². The van der Waals surface area contributed by atoms with Crippen molar-refractivity contribution in [3.63, 3.8) is 0 Å². The summed E-state index contributed by atoms with van der Waals surface area (Å²) in [6.07, 6.45) is 1.30. The highest BCUT2D eigenvalue weighted by Gasteiger charge is 2.32. The smallest absolute Gasteiger partial charge is 0.255 e. The molecule has 4 nitrogen and oxygen atoms in total. The Morgan fingerprint density at radius 2 is 2.14 bits per heavy atom. The molecule has 118 valence electrons. The van der Waals surface area contributed by atoms with E-state index in [1.807, 2.05) is 12.1 Å². The van der Waals surface area contributed by atoms with E-state index in [1.54, 1.807) is 11.9 Å². The van der Waals surface area contributed by atoms with E-state index in [-0.39, 0.29) is 30.5 Å². The normalized spacial score (nSPS) is 21.2. The van der Waals surface area contributed by atoms with Crippen molar-refractivity contribution in [3.8, 4) is 0 Å². The Labute approximate surface area is 133 Å². The fourth-order valence-electron chi connectivity index (χ4n) is 2.50. The van der Waals surface area contributed by atoms with Gasteiger partial charge in [-0.3, -0.25) is 4.79 Å². The van der Waals surface area contributed by atoms with Gasteiger partial charge in [-0.1, -0.05) is 26.0 Å². The number of nitrogens with zero attached hydrogens (tertiary/aromatic N) is 1. The highest BCUT2D eigenvalue weighted by atomic mass is 35.5. The van der Waals surface area contributed by atoms with Crippen LogP contribution >= 0.6 is 12.4 Å². The van der Waals surface area contributed by atoms with Crippen molar-refractivity contribution < 1.29 is 9.53 Å². The quantitative estimate of drug-likeness (QED) is 0.930. The van der Waals surface area contributed by atoms with Crippen LogP contribution in [0.15, 0.2) is 24.3 Å². The number of carbonyl (C=O) groups is 1. The van der Waals surface area contributed by atoms with Gasteiger partial charge in [-0.05, 0) is 36.5 Å². The summed E-state index contributed by atoms with van der Waals surface area (Å²) in [6.45, 7) is 4.77. The van der Waals surface area contributed by atoms with Crippen LogP contribution in [-0.2, 0) is 9.53 Å². The van der Waals surface area contributed by atoms with Gasteiger partial charge in [0.2, 0.25) is 0 Å². The zero-order valence-electron chi connectivity index (χ0n) is 12.9. The Kier molecular flexibility index (Phi) is 6.65. The Morgan fingerprint density at radius 3 is 2.71 bits per heavy atom. The van der Waals surface area contributed by atoms with Crippen LogP contribution in [0.4, 0.5) is 5.69 Å². The summed E-state index contributed by atoms with van der Waals surface area (Å²) in [6, 6.07) is 8.10. The summed E-state index contributed by atoms with van der Waals surface area (Å²) in [5, 5.41) is 0. The monoisotopic (exact) mass is 312 g/mol. The van der Waals surface area contributed by atoms with Gasteiger partial charge in [-0.25, -0.2) is 0 Å². The predicted molar refractivity (Wildman–Crippen MR) is 88.1 cm³/mol. The Hall–Kier alpha value is -1.10. The average Bonchev–Trinajstić information content (AvgIpc) is 2.94. The minimum atomic E-state index is -0.351. The zero-order valence-corrected chi connectivity index (χ0v) is 13.7. The molecule has 1 aliphatic rings. The van der Waals surface area contributed by atoms with Crippen LogP contribution in [-0.4, -0.2) is 31.7 Å². The van der Waals surface area contributed by atoms with E-state index in [1.165, 1.54) is 5.56 Å². The van der Waals surface area contributed by atoms with Crippen molar-refractivity contribution in [3.05, 3.63) is 29.8 Å². The van der Waals surface area contributed by atoms with Gasteiger partial charge in [-0.2, -0.15) is 0 Å². The maximum absolute atomic E-state index is 12.4. The second-order valence-corrected chi connectivity index (χ2v) is 5.71. The summed E-state index contributed by atoms with van der Waals surface area (Å²) in [4.78, 5) is 14.1. The molecule has 1 heterocycles. The second-order valence-electron chi connectivity index (χ2n) is 5.71. The van der Waals surface area contributed by atoms with Crippen molar-refractivity contribution in [1.29, 1.82) is 0 Å². The number of hydrogen-bond acceptors (Lipinski definition) is 3. The van der Waals surface area contributed by atoms with E-state index in [2.05, 4.69) is 26.0 Å². The minimum absolute atomic E-state index is 0. The Morgan fingerprint density at radius 1 is 1.43 bits per heavy atom. The number of nitrogens with two attached hydrogens (primary N) is 1. The molecule has 2 atom stereocenters. The van der Waals surface area contributed by atoms with Gasteiger partial charge in [0.15, 0.2) is 0 Å². The van der Waals surface area contributed by atoms with Crippen LogP contribution in [0.25, 0.3) is 0 Å².